The van der Waals surface area contributed by atoms with E-state index in [1.807, 2.05) is 0 Å². The quantitative estimate of drug-likeness (QED) is 0.163. The van der Waals surface area contributed by atoms with Gasteiger partial charge in [-0.15, -0.1) is 0 Å². The summed E-state index contributed by atoms with van der Waals surface area (Å²) in [6.07, 6.45) is -1.81. The van der Waals surface area contributed by atoms with Gasteiger partial charge in [0.25, 0.3) is 0 Å². The Balaban J connectivity index is 1.73. The number of carboxylic acid groups (broad SMARTS) is 1. The molecule has 0 aliphatic heterocycles. The van der Waals surface area contributed by atoms with E-state index < -0.39 is 60.4 Å². The molecule has 1 aliphatic rings. The first-order valence-corrected chi connectivity index (χ1v) is 11.2. The SMILES string of the molecule is COc1cc(/C=C/C(=O)O[C@]2(C(=O)O)C[C@@H](O)[C@H](O)[C@H](OC(=O)/C=C/c3ccc(O)c(O)c3)C2)ccc1O. The lowest BCUT2D eigenvalue weighted by molar-refractivity contribution is -0.207. The van der Waals surface area contributed by atoms with Crippen LogP contribution >= 0.6 is 0 Å². The molecule has 38 heavy (non-hydrogen) atoms. The molecule has 0 aromatic heterocycles. The Labute approximate surface area is 216 Å². The van der Waals surface area contributed by atoms with Crippen LogP contribution in [0.2, 0.25) is 0 Å². The van der Waals surface area contributed by atoms with E-state index in [1.54, 1.807) is 0 Å². The number of benzene rings is 2. The second-order valence-corrected chi connectivity index (χ2v) is 8.51. The second-order valence-electron chi connectivity index (χ2n) is 8.51. The fourth-order valence-corrected chi connectivity index (χ4v) is 3.83. The number of hydrogen-bond acceptors (Lipinski definition) is 11. The Morgan fingerprint density at radius 1 is 0.868 bits per heavy atom. The Morgan fingerprint density at radius 2 is 1.47 bits per heavy atom. The van der Waals surface area contributed by atoms with E-state index in [1.165, 1.54) is 55.7 Å². The van der Waals surface area contributed by atoms with Crippen LogP contribution in [0, 0.1) is 0 Å². The van der Waals surface area contributed by atoms with E-state index in [4.69, 9.17) is 14.2 Å². The van der Waals surface area contributed by atoms with Crippen LogP contribution in [0.15, 0.2) is 48.6 Å². The Bertz CT molecular complexity index is 1270. The summed E-state index contributed by atoms with van der Waals surface area (Å²) in [5.41, 5.74) is -1.56. The first-order chi connectivity index (χ1) is 17.9. The van der Waals surface area contributed by atoms with Crippen molar-refractivity contribution in [3.8, 4) is 23.0 Å². The van der Waals surface area contributed by atoms with Gasteiger partial charge in [-0.25, -0.2) is 14.4 Å². The minimum Gasteiger partial charge on any atom is -0.504 e. The first kappa shape index (κ1) is 28.0. The molecular weight excluding hydrogens is 504 g/mol. The number of esters is 2. The number of phenols is 3. The zero-order valence-electron chi connectivity index (χ0n) is 20.1. The molecule has 2 aromatic carbocycles. The fraction of sp³-hybridized carbons (Fsp3) is 0.269. The minimum atomic E-state index is -2.32. The highest BCUT2D eigenvalue weighted by Crippen LogP contribution is 2.35. The topological polar surface area (TPSA) is 200 Å². The van der Waals surface area contributed by atoms with Gasteiger partial charge in [0.05, 0.1) is 13.2 Å². The Kier molecular flexibility index (Phi) is 8.61. The molecule has 1 aliphatic carbocycles. The van der Waals surface area contributed by atoms with Crippen LogP contribution in [0.3, 0.4) is 0 Å². The molecule has 0 bridgehead atoms. The fourth-order valence-electron chi connectivity index (χ4n) is 3.83. The predicted octanol–water partition coefficient (Wildman–Crippen LogP) is 1.33. The van der Waals surface area contributed by atoms with Crippen molar-refractivity contribution in [3.63, 3.8) is 0 Å². The summed E-state index contributed by atoms with van der Waals surface area (Å²) in [7, 11) is 1.34. The molecule has 12 nitrogen and oxygen atoms in total. The van der Waals surface area contributed by atoms with Crippen LogP contribution < -0.4 is 4.74 Å². The number of rotatable bonds is 8. The van der Waals surface area contributed by atoms with Gasteiger partial charge in [0, 0.05) is 25.0 Å². The van der Waals surface area contributed by atoms with Gasteiger partial charge in [0.15, 0.2) is 23.0 Å². The van der Waals surface area contributed by atoms with Crippen molar-refractivity contribution in [1.29, 1.82) is 0 Å². The summed E-state index contributed by atoms with van der Waals surface area (Å²) in [6, 6.07) is 8.00. The molecule has 1 fully saturated rings. The monoisotopic (exact) mass is 530 g/mol. The van der Waals surface area contributed by atoms with Crippen LogP contribution in [0.5, 0.6) is 23.0 Å². The molecular formula is C26H26O12. The average Bonchev–Trinajstić information content (AvgIpc) is 2.87. The number of aliphatic hydroxyl groups excluding tert-OH is 2. The van der Waals surface area contributed by atoms with Crippen LogP contribution in [-0.4, -0.2) is 79.6 Å². The van der Waals surface area contributed by atoms with Crippen LogP contribution in [0.1, 0.15) is 24.0 Å². The summed E-state index contributed by atoms with van der Waals surface area (Å²) in [4.78, 5) is 36.9. The zero-order chi connectivity index (χ0) is 28.0. The third-order valence-electron chi connectivity index (χ3n) is 5.83. The minimum absolute atomic E-state index is 0.122. The van der Waals surface area contributed by atoms with Gasteiger partial charge in [-0.05, 0) is 47.5 Å². The molecule has 0 saturated heterocycles. The average molecular weight is 530 g/mol. The van der Waals surface area contributed by atoms with Crippen molar-refractivity contribution in [1.82, 2.24) is 0 Å². The molecule has 2 aromatic rings. The molecule has 4 atom stereocenters. The van der Waals surface area contributed by atoms with E-state index in [0.717, 1.165) is 12.2 Å². The van der Waals surface area contributed by atoms with E-state index in [-0.39, 0.29) is 17.2 Å². The highest BCUT2D eigenvalue weighted by molar-refractivity contribution is 5.91. The lowest BCUT2D eigenvalue weighted by Crippen LogP contribution is -2.58. The summed E-state index contributed by atoms with van der Waals surface area (Å²) in [5, 5.41) is 59.0. The molecule has 3 rings (SSSR count). The second kappa shape index (κ2) is 11.7. The van der Waals surface area contributed by atoms with Crippen LogP contribution in [0.25, 0.3) is 12.2 Å². The number of phenolic OH excluding ortho intramolecular Hbond substituents is 3. The summed E-state index contributed by atoms with van der Waals surface area (Å²) >= 11 is 0. The van der Waals surface area contributed by atoms with Gasteiger partial charge >= 0.3 is 17.9 Å². The maximum atomic E-state index is 12.5. The number of aromatic hydroxyl groups is 3. The van der Waals surface area contributed by atoms with Gasteiger partial charge in [-0.2, -0.15) is 0 Å². The highest BCUT2D eigenvalue weighted by atomic mass is 16.6. The molecule has 0 radical (unpaired) electrons. The molecule has 1 saturated carbocycles. The van der Waals surface area contributed by atoms with Gasteiger partial charge in [-0.3, -0.25) is 0 Å². The number of ether oxygens (including phenoxy) is 3. The summed E-state index contributed by atoms with van der Waals surface area (Å²) in [6.45, 7) is 0. The molecule has 202 valence electrons. The normalized spacial score (nSPS) is 23.3. The number of aliphatic carboxylic acids is 1. The molecule has 12 heteroatoms. The standard InChI is InChI=1S/C26H26O12/c1-36-20-11-15(3-7-17(20)28)5-9-23(32)38-26(25(34)35)12-19(30)24(33)21(13-26)37-22(31)8-4-14-2-6-16(27)18(29)10-14/h2-11,19,21,24,27-30,33H,12-13H2,1H3,(H,34,35)/b8-4+,9-5+/t19-,21-,24+,26-/m1/s1. The maximum absolute atomic E-state index is 12.5. The van der Waals surface area contributed by atoms with E-state index in [0.29, 0.717) is 11.1 Å². The first-order valence-electron chi connectivity index (χ1n) is 11.2. The summed E-state index contributed by atoms with van der Waals surface area (Å²) < 4.78 is 15.3. The van der Waals surface area contributed by atoms with Crippen molar-refractivity contribution in [2.24, 2.45) is 0 Å². The number of methoxy groups -OCH3 is 1. The highest BCUT2D eigenvalue weighted by Gasteiger charge is 2.54. The van der Waals surface area contributed by atoms with E-state index in [2.05, 4.69) is 0 Å². The molecule has 6 N–H and O–H groups in total. The third-order valence-corrected chi connectivity index (χ3v) is 5.83. The molecule has 0 amide bonds. The van der Waals surface area contributed by atoms with E-state index >= 15 is 0 Å². The number of aliphatic hydroxyl groups is 2. The number of hydrogen-bond donors (Lipinski definition) is 6. The van der Waals surface area contributed by atoms with Crippen molar-refractivity contribution < 1.29 is 59.2 Å². The van der Waals surface area contributed by atoms with E-state index in [9.17, 15) is 45.0 Å². The van der Waals surface area contributed by atoms with Gasteiger partial charge < -0.3 is 44.8 Å². The van der Waals surface area contributed by atoms with Crippen molar-refractivity contribution >= 4 is 30.1 Å². The Morgan fingerprint density at radius 3 is 2.08 bits per heavy atom. The lowest BCUT2D eigenvalue weighted by atomic mass is 9.79. The molecule has 0 heterocycles. The van der Waals surface area contributed by atoms with Gasteiger partial charge in [-0.1, -0.05) is 12.1 Å². The number of carbonyl (C=O) groups excluding carboxylic acids is 2. The van der Waals surface area contributed by atoms with Crippen molar-refractivity contribution in [2.45, 2.75) is 36.8 Å². The summed E-state index contributed by atoms with van der Waals surface area (Å²) in [5.74, 6) is -4.47. The number of carboxylic acids is 1. The Hall–Kier alpha value is -4.55. The largest absolute Gasteiger partial charge is 0.504 e. The zero-order valence-corrected chi connectivity index (χ0v) is 20.1. The van der Waals surface area contributed by atoms with Crippen LogP contribution in [0.4, 0.5) is 0 Å². The maximum Gasteiger partial charge on any atom is 0.348 e. The van der Waals surface area contributed by atoms with Crippen molar-refractivity contribution in [2.75, 3.05) is 7.11 Å². The van der Waals surface area contributed by atoms with Crippen LogP contribution in [-0.2, 0) is 23.9 Å². The smallest absolute Gasteiger partial charge is 0.348 e. The number of carbonyl (C=O) groups is 3. The molecule has 0 spiro atoms. The third kappa shape index (κ3) is 6.60. The van der Waals surface area contributed by atoms with Gasteiger partial charge in [0.2, 0.25) is 5.60 Å². The molecule has 0 unspecified atom stereocenters. The van der Waals surface area contributed by atoms with Gasteiger partial charge in [0.1, 0.15) is 12.2 Å². The van der Waals surface area contributed by atoms with Crippen molar-refractivity contribution in [3.05, 3.63) is 59.7 Å². The lowest BCUT2D eigenvalue weighted by Gasteiger charge is -2.41. The predicted molar refractivity (Wildman–Crippen MR) is 130 cm³/mol.